The highest BCUT2D eigenvalue weighted by molar-refractivity contribution is 6.37. The minimum Gasteiger partial charge on any atom is -0.496 e. The Morgan fingerprint density at radius 2 is 1.68 bits per heavy atom. The second kappa shape index (κ2) is 7.93. The van der Waals surface area contributed by atoms with Crippen molar-refractivity contribution in [3.8, 4) is 11.5 Å². The fraction of sp³-hybridized carbons (Fsp3) is 0.333. The van der Waals surface area contributed by atoms with E-state index in [4.69, 9.17) is 32.7 Å². The summed E-state index contributed by atoms with van der Waals surface area (Å²) in [6.07, 6.45) is 1.74. The predicted molar refractivity (Wildman–Crippen MR) is 99.1 cm³/mol. The Balaban J connectivity index is 2.27. The molecule has 134 valence electrons. The van der Waals surface area contributed by atoms with E-state index in [1.54, 1.807) is 37.4 Å². The van der Waals surface area contributed by atoms with Crippen LogP contribution in [-0.4, -0.2) is 37.1 Å². The molecule has 1 aromatic heterocycles. The molecule has 0 aliphatic carbocycles. The van der Waals surface area contributed by atoms with Gasteiger partial charge in [0, 0.05) is 29.9 Å². The quantitative estimate of drug-likeness (QED) is 0.773. The van der Waals surface area contributed by atoms with E-state index in [0.29, 0.717) is 17.9 Å². The summed E-state index contributed by atoms with van der Waals surface area (Å²) in [6, 6.07) is 3.09. The molecule has 1 aromatic carbocycles. The summed E-state index contributed by atoms with van der Waals surface area (Å²) in [5, 5.41) is 0.580. The molecule has 0 saturated carbocycles. The summed E-state index contributed by atoms with van der Waals surface area (Å²) < 4.78 is 10.5. The monoisotopic (exact) mass is 382 g/mol. The maximum absolute atomic E-state index is 12.7. The van der Waals surface area contributed by atoms with Crippen LogP contribution in [0.5, 0.6) is 11.5 Å². The predicted octanol–water partition coefficient (Wildman–Crippen LogP) is 4.29. The number of halogens is 2. The molecule has 0 unspecified atom stereocenters. The third kappa shape index (κ3) is 3.99. The van der Waals surface area contributed by atoms with Crippen molar-refractivity contribution in [3.63, 3.8) is 0 Å². The molecule has 0 spiro atoms. The van der Waals surface area contributed by atoms with Crippen LogP contribution in [0.1, 0.15) is 27.2 Å². The summed E-state index contributed by atoms with van der Waals surface area (Å²) in [5.41, 5.74) is 3.01. The molecule has 2 rings (SSSR count). The number of rotatable bonds is 5. The van der Waals surface area contributed by atoms with Crippen LogP contribution in [0.25, 0.3) is 0 Å². The highest BCUT2D eigenvalue weighted by Crippen LogP contribution is 2.34. The fourth-order valence-corrected chi connectivity index (χ4v) is 3.27. The largest absolute Gasteiger partial charge is 0.496 e. The van der Waals surface area contributed by atoms with Crippen molar-refractivity contribution in [1.82, 2.24) is 9.88 Å². The minimum atomic E-state index is -0.216. The first-order chi connectivity index (χ1) is 11.8. The highest BCUT2D eigenvalue weighted by atomic mass is 35.5. The lowest BCUT2D eigenvalue weighted by atomic mass is 10.1. The number of pyridine rings is 1. The van der Waals surface area contributed by atoms with E-state index in [9.17, 15) is 4.79 Å². The number of methoxy groups -OCH3 is 2. The van der Waals surface area contributed by atoms with Gasteiger partial charge in [-0.05, 0) is 26.0 Å². The molecule has 0 bridgehead atoms. The third-order valence-electron chi connectivity index (χ3n) is 3.93. The number of benzene rings is 1. The molecule has 1 amide bonds. The molecule has 0 radical (unpaired) electrons. The minimum absolute atomic E-state index is 0.216. The summed E-state index contributed by atoms with van der Waals surface area (Å²) in [4.78, 5) is 18.7. The number of carbonyl (C=O) groups excluding carboxylic acids is 1. The van der Waals surface area contributed by atoms with Crippen LogP contribution < -0.4 is 9.47 Å². The molecule has 0 aliphatic rings. The van der Waals surface area contributed by atoms with E-state index >= 15 is 0 Å². The summed E-state index contributed by atoms with van der Waals surface area (Å²) >= 11 is 12.2. The second-order valence-corrected chi connectivity index (χ2v) is 6.49. The molecule has 0 atom stereocenters. The average molecular weight is 383 g/mol. The van der Waals surface area contributed by atoms with Gasteiger partial charge in [0.1, 0.15) is 5.75 Å². The second-order valence-electron chi connectivity index (χ2n) is 5.68. The first-order valence-electron chi connectivity index (χ1n) is 7.57. The Labute approximate surface area is 157 Å². The smallest absolute Gasteiger partial charge is 0.254 e. The zero-order valence-corrected chi connectivity index (χ0v) is 16.3. The Morgan fingerprint density at radius 1 is 1.12 bits per heavy atom. The van der Waals surface area contributed by atoms with E-state index in [2.05, 4.69) is 4.98 Å². The van der Waals surface area contributed by atoms with Gasteiger partial charge in [0.2, 0.25) is 0 Å². The summed E-state index contributed by atoms with van der Waals surface area (Å²) in [6.45, 7) is 4.19. The molecule has 7 heteroatoms. The number of ether oxygens (including phenoxy) is 2. The third-order valence-corrected chi connectivity index (χ3v) is 4.49. The Morgan fingerprint density at radius 3 is 2.20 bits per heavy atom. The first-order valence-corrected chi connectivity index (χ1v) is 8.33. The summed E-state index contributed by atoms with van der Waals surface area (Å²) in [5.74, 6) is 0.914. The van der Waals surface area contributed by atoms with Gasteiger partial charge >= 0.3 is 0 Å². The Hall–Kier alpha value is -1.98. The highest BCUT2D eigenvalue weighted by Gasteiger charge is 2.19. The number of carbonyl (C=O) groups is 1. The topological polar surface area (TPSA) is 51.7 Å². The van der Waals surface area contributed by atoms with Crippen molar-refractivity contribution >= 4 is 29.1 Å². The van der Waals surface area contributed by atoms with Gasteiger partial charge in [0.15, 0.2) is 5.75 Å². The molecular formula is C18H20Cl2N2O3. The van der Waals surface area contributed by atoms with Gasteiger partial charge < -0.3 is 14.4 Å². The van der Waals surface area contributed by atoms with Crippen molar-refractivity contribution in [3.05, 3.63) is 50.8 Å². The van der Waals surface area contributed by atoms with Crippen molar-refractivity contribution in [2.45, 2.75) is 20.4 Å². The maximum atomic E-state index is 12.7. The van der Waals surface area contributed by atoms with Gasteiger partial charge in [-0.2, -0.15) is 0 Å². The standard InChI is InChI=1S/C18H20Cl2N2O3/c1-10-8-21-15(11(2)16(10)24-4)9-22(3)18(23)12-6-13(19)17(25-5)14(20)7-12/h6-8H,9H2,1-5H3. The van der Waals surface area contributed by atoms with E-state index in [1.807, 2.05) is 13.8 Å². The zero-order valence-electron chi connectivity index (χ0n) is 14.8. The zero-order chi connectivity index (χ0) is 18.7. The molecule has 0 saturated heterocycles. The lowest BCUT2D eigenvalue weighted by Crippen LogP contribution is -2.27. The van der Waals surface area contributed by atoms with E-state index in [1.165, 1.54) is 7.11 Å². The van der Waals surface area contributed by atoms with Gasteiger partial charge in [-0.3, -0.25) is 9.78 Å². The normalized spacial score (nSPS) is 10.5. The molecule has 2 aromatic rings. The van der Waals surface area contributed by atoms with Crippen LogP contribution in [0.15, 0.2) is 18.3 Å². The van der Waals surface area contributed by atoms with Crippen LogP contribution in [0.3, 0.4) is 0 Å². The maximum Gasteiger partial charge on any atom is 0.254 e. The van der Waals surface area contributed by atoms with Crippen molar-refractivity contribution in [2.24, 2.45) is 0 Å². The lowest BCUT2D eigenvalue weighted by molar-refractivity contribution is 0.0783. The number of hydrogen-bond donors (Lipinski definition) is 0. The number of aryl methyl sites for hydroxylation is 1. The van der Waals surface area contributed by atoms with Crippen LogP contribution in [-0.2, 0) is 6.54 Å². The van der Waals surface area contributed by atoms with Crippen molar-refractivity contribution in [1.29, 1.82) is 0 Å². The molecule has 0 fully saturated rings. The van der Waals surface area contributed by atoms with Crippen molar-refractivity contribution in [2.75, 3.05) is 21.3 Å². The number of amides is 1. The number of nitrogens with zero attached hydrogens (tertiary/aromatic N) is 2. The van der Waals surface area contributed by atoms with Gasteiger partial charge in [-0.25, -0.2) is 0 Å². The van der Waals surface area contributed by atoms with Crippen molar-refractivity contribution < 1.29 is 14.3 Å². The van der Waals surface area contributed by atoms with E-state index in [0.717, 1.165) is 22.6 Å². The fourth-order valence-electron chi connectivity index (χ4n) is 2.63. The SMILES string of the molecule is COc1c(Cl)cc(C(=O)N(C)Cc2ncc(C)c(OC)c2C)cc1Cl. The van der Waals surface area contributed by atoms with Gasteiger partial charge in [0.05, 0.1) is 36.5 Å². The van der Waals surface area contributed by atoms with Gasteiger partial charge in [-0.1, -0.05) is 23.2 Å². The Bertz CT molecular complexity index is 786. The summed E-state index contributed by atoms with van der Waals surface area (Å²) in [7, 11) is 4.79. The lowest BCUT2D eigenvalue weighted by Gasteiger charge is -2.20. The first kappa shape index (κ1) is 19.3. The van der Waals surface area contributed by atoms with E-state index in [-0.39, 0.29) is 16.0 Å². The average Bonchev–Trinajstić information content (AvgIpc) is 2.56. The molecule has 1 heterocycles. The molecule has 5 nitrogen and oxygen atoms in total. The van der Waals surface area contributed by atoms with E-state index < -0.39 is 0 Å². The van der Waals surface area contributed by atoms with Gasteiger partial charge in [0.25, 0.3) is 5.91 Å². The van der Waals surface area contributed by atoms with Crippen LogP contribution in [0, 0.1) is 13.8 Å². The van der Waals surface area contributed by atoms with Gasteiger partial charge in [-0.15, -0.1) is 0 Å². The number of aromatic nitrogens is 1. The Kier molecular flexibility index (Phi) is 6.14. The number of hydrogen-bond acceptors (Lipinski definition) is 4. The van der Waals surface area contributed by atoms with Crippen LogP contribution in [0.4, 0.5) is 0 Å². The molecular weight excluding hydrogens is 363 g/mol. The van der Waals surface area contributed by atoms with Crippen LogP contribution in [0.2, 0.25) is 10.0 Å². The molecule has 25 heavy (non-hydrogen) atoms. The molecule has 0 aliphatic heterocycles. The van der Waals surface area contributed by atoms with Crippen LogP contribution >= 0.6 is 23.2 Å². The molecule has 0 N–H and O–H groups in total.